The summed E-state index contributed by atoms with van der Waals surface area (Å²) in [5.41, 5.74) is 3.96. The summed E-state index contributed by atoms with van der Waals surface area (Å²) in [4.78, 5) is 9.05. The summed E-state index contributed by atoms with van der Waals surface area (Å²) in [7, 11) is 0. The molecule has 0 bridgehead atoms. The molecule has 3 rings (SSSR count). The molecule has 1 N–H and O–H groups in total. The molecular formula is C16H17N3OS. The summed E-state index contributed by atoms with van der Waals surface area (Å²) in [6, 6.07) is 10.0. The van der Waals surface area contributed by atoms with E-state index in [0.29, 0.717) is 6.61 Å². The molecule has 4 nitrogen and oxygen atoms in total. The zero-order valence-corrected chi connectivity index (χ0v) is 13.1. The standard InChI is InChI=1S/C16H17N3OS/c1-4-20-12-6-8-14-15(9-12)21-16(19-14)18-13-7-5-10(2)17-11(13)3/h5-9H,4H2,1-3H3,(H,18,19). The predicted octanol–water partition coefficient (Wildman–Crippen LogP) is 4.45. The number of aromatic nitrogens is 2. The average Bonchev–Trinajstić information content (AvgIpc) is 2.84. The van der Waals surface area contributed by atoms with Crippen LogP contribution in [-0.2, 0) is 0 Å². The Labute approximate surface area is 127 Å². The van der Waals surface area contributed by atoms with Gasteiger partial charge < -0.3 is 10.1 Å². The summed E-state index contributed by atoms with van der Waals surface area (Å²) in [5.74, 6) is 0.883. The SMILES string of the molecule is CCOc1ccc2nc(Nc3ccc(C)nc3C)sc2c1. The second kappa shape index (κ2) is 5.69. The lowest BCUT2D eigenvalue weighted by Gasteiger charge is -2.06. The normalized spacial score (nSPS) is 10.8. The molecule has 0 fully saturated rings. The number of pyridine rings is 1. The summed E-state index contributed by atoms with van der Waals surface area (Å²) < 4.78 is 6.63. The van der Waals surface area contributed by atoms with E-state index in [2.05, 4.69) is 15.3 Å². The smallest absolute Gasteiger partial charge is 0.188 e. The monoisotopic (exact) mass is 299 g/mol. The molecule has 5 heteroatoms. The molecule has 0 aliphatic carbocycles. The van der Waals surface area contributed by atoms with Crippen molar-refractivity contribution in [2.45, 2.75) is 20.8 Å². The second-order valence-electron chi connectivity index (χ2n) is 4.79. The van der Waals surface area contributed by atoms with Crippen molar-refractivity contribution >= 4 is 32.4 Å². The van der Waals surface area contributed by atoms with Crippen LogP contribution in [0.1, 0.15) is 18.3 Å². The van der Waals surface area contributed by atoms with E-state index in [1.54, 1.807) is 11.3 Å². The van der Waals surface area contributed by atoms with Gasteiger partial charge in [-0.25, -0.2) is 4.98 Å². The first-order valence-electron chi connectivity index (χ1n) is 6.90. The number of rotatable bonds is 4. The number of anilines is 2. The maximum Gasteiger partial charge on any atom is 0.188 e. The van der Waals surface area contributed by atoms with Crippen LogP contribution in [0.25, 0.3) is 10.2 Å². The van der Waals surface area contributed by atoms with Crippen molar-refractivity contribution in [1.82, 2.24) is 9.97 Å². The summed E-state index contributed by atoms with van der Waals surface area (Å²) in [6.07, 6.45) is 0. The molecule has 0 spiro atoms. The Morgan fingerprint density at radius 3 is 2.76 bits per heavy atom. The first-order valence-corrected chi connectivity index (χ1v) is 7.72. The Balaban J connectivity index is 1.90. The molecule has 2 heterocycles. The summed E-state index contributed by atoms with van der Waals surface area (Å²) in [6.45, 7) is 6.64. The number of benzene rings is 1. The summed E-state index contributed by atoms with van der Waals surface area (Å²) >= 11 is 1.62. The van der Waals surface area contributed by atoms with Crippen molar-refractivity contribution in [2.75, 3.05) is 11.9 Å². The van der Waals surface area contributed by atoms with E-state index < -0.39 is 0 Å². The van der Waals surface area contributed by atoms with Crippen LogP contribution in [0.15, 0.2) is 30.3 Å². The molecule has 3 aromatic rings. The highest BCUT2D eigenvalue weighted by atomic mass is 32.1. The van der Waals surface area contributed by atoms with Gasteiger partial charge in [-0.05, 0) is 51.1 Å². The van der Waals surface area contributed by atoms with E-state index in [1.807, 2.05) is 51.1 Å². The van der Waals surface area contributed by atoms with Crippen molar-refractivity contribution in [3.8, 4) is 5.75 Å². The van der Waals surface area contributed by atoms with E-state index in [4.69, 9.17) is 4.74 Å². The van der Waals surface area contributed by atoms with E-state index in [1.165, 1.54) is 0 Å². The third-order valence-electron chi connectivity index (χ3n) is 3.14. The molecular weight excluding hydrogens is 282 g/mol. The van der Waals surface area contributed by atoms with Crippen LogP contribution in [0.2, 0.25) is 0 Å². The lowest BCUT2D eigenvalue weighted by molar-refractivity contribution is 0.341. The number of ether oxygens (including phenoxy) is 1. The minimum atomic E-state index is 0.670. The Hall–Kier alpha value is -2.14. The third kappa shape index (κ3) is 2.97. The van der Waals surface area contributed by atoms with Gasteiger partial charge >= 0.3 is 0 Å². The zero-order valence-electron chi connectivity index (χ0n) is 12.3. The number of nitrogens with one attached hydrogen (secondary N) is 1. The zero-order chi connectivity index (χ0) is 14.8. The Morgan fingerprint density at radius 1 is 1.14 bits per heavy atom. The predicted molar refractivity (Wildman–Crippen MR) is 87.8 cm³/mol. The van der Waals surface area contributed by atoms with Gasteiger partial charge in [0, 0.05) is 5.69 Å². The van der Waals surface area contributed by atoms with Gasteiger partial charge in [-0.15, -0.1) is 0 Å². The third-order valence-corrected chi connectivity index (χ3v) is 4.07. The Morgan fingerprint density at radius 2 is 2.00 bits per heavy atom. The van der Waals surface area contributed by atoms with Crippen LogP contribution in [0, 0.1) is 13.8 Å². The van der Waals surface area contributed by atoms with E-state index in [0.717, 1.165) is 38.2 Å². The van der Waals surface area contributed by atoms with Gasteiger partial charge in [0.25, 0.3) is 0 Å². The van der Waals surface area contributed by atoms with Crippen molar-refractivity contribution in [1.29, 1.82) is 0 Å². The Kier molecular flexibility index (Phi) is 3.75. The van der Waals surface area contributed by atoms with Gasteiger partial charge in [0.2, 0.25) is 0 Å². The lowest BCUT2D eigenvalue weighted by Crippen LogP contribution is -1.95. The molecule has 0 aliphatic rings. The molecule has 0 radical (unpaired) electrons. The Bertz CT molecular complexity index is 782. The van der Waals surface area contributed by atoms with Crippen LogP contribution in [0.3, 0.4) is 0 Å². The highest BCUT2D eigenvalue weighted by molar-refractivity contribution is 7.22. The molecule has 21 heavy (non-hydrogen) atoms. The lowest BCUT2D eigenvalue weighted by atomic mass is 10.3. The van der Waals surface area contributed by atoms with Crippen LogP contribution in [-0.4, -0.2) is 16.6 Å². The van der Waals surface area contributed by atoms with E-state index >= 15 is 0 Å². The first-order chi connectivity index (χ1) is 10.2. The molecule has 108 valence electrons. The molecule has 2 aromatic heterocycles. The van der Waals surface area contributed by atoms with Crippen molar-refractivity contribution in [3.63, 3.8) is 0 Å². The van der Waals surface area contributed by atoms with Crippen LogP contribution >= 0.6 is 11.3 Å². The van der Waals surface area contributed by atoms with Crippen molar-refractivity contribution in [3.05, 3.63) is 41.7 Å². The minimum absolute atomic E-state index is 0.670. The molecule has 0 aliphatic heterocycles. The fourth-order valence-electron chi connectivity index (χ4n) is 2.15. The van der Waals surface area contributed by atoms with Crippen LogP contribution in [0.5, 0.6) is 5.75 Å². The molecule has 0 atom stereocenters. The van der Waals surface area contributed by atoms with Gasteiger partial charge in [0.1, 0.15) is 5.75 Å². The van der Waals surface area contributed by atoms with Gasteiger partial charge in [0.15, 0.2) is 5.13 Å². The number of aryl methyl sites for hydroxylation is 2. The molecule has 0 amide bonds. The number of nitrogens with zero attached hydrogens (tertiary/aromatic N) is 2. The van der Waals surface area contributed by atoms with E-state index in [9.17, 15) is 0 Å². The molecule has 1 aromatic carbocycles. The van der Waals surface area contributed by atoms with Crippen LogP contribution in [0.4, 0.5) is 10.8 Å². The maximum absolute atomic E-state index is 5.52. The van der Waals surface area contributed by atoms with E-state index in [-0.39, 0.29) is 0 Å². The number of thiazole rings is 1. The molecule has 0 saturated carbocycles. The van der Waals surface area contributed by atoms with Crippen molar-refractivity contribution in [2.24, 2.45) is 0 Å². The fourth-order valence-corrected chi connectivity index (χ4v) is 3.06. The topological polar surface area (TPSA) is 47.0 Å². The number of hydrogen-bond donors (Lipinski definition) is 1. The van der Waals surface area contributed by atoms with Gasteiger partial charge in [0.05, 0.1) is 28.2 Å². The first kappa shape index (κ1) is 13.8. The molecule has 0 saturated heterocycles. The fraction of sp³-hybridized carbons (Fsp3) is 0.250. The summed E-state index contributed by atoms with van der Waals surface area (Å²) in [5, 5.41) is 4.21. The minimum Gasteiger partial charge on any atom is -0.494 e. The number of hydrogen-bond acceptors (Lipinski definition) is 5. The largest absolute Gasteiger partial charge is 0.494 e. The van der Waals surface area contributed by atoms with Gasteiger partial charge in [-0.3, -0.25) is 4.98 Å². The van der Waals surface area contributed by atoms with Crippen LogP contribution < -0.4 is 10.1 Å². The quantitative estimate of drug-likeness (QED) is 0.773. The molecule has 0 unspecified atom stereocenters. The van der Waals surface area contributed by atoms with Gasteiger partial charge in [-0.2, -0.15) is 0 Å². The second-order valence-corrected chi connectivity index (χ2v) is 5.82. The van der Waals surface area contributed by atoms with Crippen molar-refractivity contribution < 1.29 is 4.74 Å². The number of fused-ring (bicyclic) bond motifs is 1. The van der Waals surface area contributed by atoms with Gasteiger partial charge in [-0.1, -0.05) is 11.3 Å². The average molecular weight is 299 g/mol. The highest BCUT2D eigenvalue weighted by Gasteiger charge is 2.07. The maximum atomic E-state index is 5.52. The highest BCUT2D eigenvalue weighted by Crippen LogP contribution is 2.31.